The van der Waals surface area contributed by atoms with Crippen molar-refractivity contribution in [2.24, 2.45) is 7.05 Å². The highest BCUT2D eigenvalue weighted by Crippen LogP contribution is 2.31. The zero-order chi connectivity index (χ0) is 14.3. The molecule has 0 unspecified atom stereocenters. The Labute approximate surface area is 120 Å². The van der Waals surface area contributed by atoms with E-state index in [-0.39, 0.29) is 17.0 Å². The molecule has 0 saturated carbocycles. The molecule has 0 bridgehead atoms. The third kappa shape index (κ3) is 2.06. The van der Waals surface area contributed by atoms with Gasteiger partial charge in [0, 0.05) is 18.1 Å². The molecule has 1 amide bonds. The van der Waals surface area contributed by atoms with Crippen LogP contribution in [0.1, 0.15) is 40.9 Å². The summed E-state index contributed by atoms with van der Waals surface area (Å²) in [7, 11) is 1.74. The summed E-state index contributed by atoms with van der Waals surface area (Å²) in [6.45, 7) is 2.13. The van der Waals surface area contributed by atoms with E-state index in [4.69, 9.17) is 0 Å². The Morgan fingerprint density at radius 3 is 3.05 bits per heavy atom. The minimum absolute atomic E-state index is 0.200. The first-order chi connectivity index (χ1) is 9.58. The zero-order valence-corrected chi connectivity index (χ0v) is 12.2. The summed E-state index contributed by atoms with van der Waals surface area (Å²) in [6.07, 6.45) is 3.50. The van der Waals surface area contributed by atoms with Crippen LogP contribution in [0.4, 0.5) is 5.69 Å². The van der Waals surface area contributed by atoms with Gasteiger partial charge in [-0.1, -0.05) is 6.92 Å². The molecule has 0 aromatic carbocycles. The summed E-state index contributed by atoms with van der Waals surface area (Å²) in [5.41, 5.74) is 2.75. The van der Waals surface area contributed by atoms with Crippen LogP contribution in [0.3, 0.4) is 0 Å². The van der Waals surface area contributed by atoms with Crippen LogP contribution < -0.4 is 10.9 Å². The smallest absolute Gasteiger partial charge is 0.263 e. The number of carbonyl (C=O) groups is 1. The van der Waals surface area contributed by atoms with Gasteiger partial charge in [0.05, 0.1) is 11.9 Å². The van der Waals surface area contributed by atoms with Gasteiger partial charge in [0.2, 0.25) is 0 Å². The predicted molar refractivity (Wildman–Crippen MR) is 78.5 cm³/mol. The summed E-state index contributed by atoms with van der Waals surface area (Å²) >= 11 is 1.26. The van der Waals surface area contributed by atoms with Crippen LogP contribution in [0.15, 0.2) is 22.4 Å². The van der Waals surface area contributed by atoms with Crippen molar-refractivity contribution < 1.29 is 4.79 Å². The van der Waals surface area contributed by atoms with Gasteiger partial charge in [0.15, 0.2) is 0 Å². The maximum Gasteiger partial charge on any atom is 0.263 e. The number of amides is 1. The number of hydrogen-bond donors (Lipinski definition) is 1. The van der Waals surface area contributed by atoms with Crippen molar-refractivity contribution in [3.63, 3.8) is 0 Å². The number of rotatable bonds is 2. The monoisotopic (exact) mass is 289 g/mol. The molecule has 1 aliphatic rings. The molecule has 1 atom stereocenters. The van der Waals surface area contributed by atoms with E-state index in [1.807, 2.05) is 0 Å². The molecular weight excluding hydrogens is 274 g/mol. The minimum atomic E-state index is -0.368. The maximum absolute atomic E-state index is 12.3. The van der Waals surface area contributed by atoms with Gasteiger partial charge in [-0.15, -0.1) is 0 Å². The summed E-state index contributed by atoms with van der Waals surface area (Å²) in [5, 5.41) is 4.44. The topological polar surface area (TPSA) is 64.0 Å². The van der Waals surface area contributed by atoms with Crippen molar-refractivity contribution in [3.8, 4) is 0 Å². The van der Waals surface area contributed by atoms with E-state index in [2.05, 4.69) is 16.6 Å². The second-order valence-electron chi connectivity index (χ2n) is 5.13. The maximum atomic E-state index is 12.3. The van der Waals surface area contributed by atoms with Gasteiger partial charge in [-0.05, 0) is 41.9 Å². The average Bonchev–Trinajstić information content (AvgIpc) is 3.04. The molecule has 6 heteroatoms. The lowest BCUT2D eigenvalue weighted by atomic mass is 10.0. The van der Waals surface area contributed by atoms with E-state index in [0.717, 1.165) is 24.1 Å². The molecule has 104 valence electrons. The second-order valence-corrected chi connectivity index (χ2v) is 5.79. The number of pyridine rings is 1. The number of nitrogens with one attached hydrogen (secondary N) is 1. The molecular formula is C14H15N3O2S. The Hall–Kier alpha value is -1.95. The molecule has 2 heterocycles. The van der Waals surface area contributed by atoms with Crippen LogP contribution in [0.2, 0.25) is 0 Å². The number of anilines is 1. The van der Waals surface area contributed by atoms with Gasteiger partial charge in [0.25, 0.3) is 11.5 Å². The van der Waals surface area contributed by atoms with E-state index in [1.54, 1.807) is 29.3 Å². The van der Waals surface area contributed by atoms with Crippen LogP contribution in [0.5, 0.6) is 0 Å². The lowest BCUT2D eigenvalue weighted by molar-refractivity contribution is 0.102. The minimum Gasteiger partial charge on any atom is -0.320 e. The number of fused-ring (bicyclic) bond motifs is 1. The molecule has 0 spiro atoms. The highest BCUT2D eigenvalue weighted by molar-refractivity contribution is 7.04. The van der Waals surface area contributed by atoms with Crippen molar-refractivity contribution in [1.82, 2.24) is 8.94 Å². The molecule has 0 aliphatic heterocycles. The first-order valence-corrected chi connectivity index (χ1v) is 7.35. The van der Waals surface area contributed by atoms with Gasteiger partial charge in [-0.3, -0.25) is 9.59 Å². The van der Waals surface area contributed by atoms with E-state index in [0.29, 0.717) is 11.6 Å². The summed E-state index contributed by atoms with van der Waals surface area (Å²) in [6, 6.07) is 1.75. The zero-order valence-electron chi connectivity index (χ0n) is 11.3. The third-order valence-electron chi connectivity index (χ3n) is 3.85. The van der Waals surface area contributed by atoms with E-state index in [1.165, 1.54) is 11.5 Å². The molecule has 2 aromatic rings. The Balaban J connectivity index is 2.02. The van der Waals surface area contributed by atoms with Crippen molar-refractivity contribution in [2.45, 2.75) is 25.7 Å². The largest absolute Gasteiger partial charge is 0.320 e. The number of hydrogen-bond acceptors (Lipinski definition) is 4. The van der Waals surface area contributed by atoms with Crippen LogP contribution in [0, 0.1) is 0 Å². The van der Waals surface area contributed by atoms with Crippen molar-refractivity contribution >= 4 is 23.1 Å². The molecule has 0 radical (unpaired) electrons. The SMILES string of the molecule is C[C@H]1CCc2c1cc(C(=O)Nc1cnsc1)c(=O)n2C. The fraction of sp³-hybridized carbons (Fsp3) is 0.357. The molecule has 1 aliphatic carbocycles. The average molecular weight is 289 g/mol. The van der Waals surface area contributed by atoms with Crippen molar-refractivity contribution in [3.05, 3.63) is 44.8 Å². The second kappa shape index (κ2) is 4.86. The van der Waals surface area contributed by atoms with Gasteiger partial charge in [0.1, 0.15) is 5.56 Å². The fourth-order valence-corrected chi connectivity index (χ4v) is 3.14. The Kier molecular flexibility index (Phi) is 3.17. The highest BCUT2D eigenvalue weighted by Gasteiger charge is 2.25. The Bertz CT molecular complexity index is 719. The van der Waals surface area contributed by atoms with Crippen LogP contribution in [0.25, 0.3) is 0 Å². The molecule has 3 rings (SSSR count). The van der Waals surface area contributed by atoms with Crippen LogP contribution in [-0.2, 0) is 13.5 Å². The Morgan fingerprint density at radius 2 is 2.35 bits per heavy atom. The molecule has 0 saturated heterocycles. The predicted octanol–water partition coefficient (Wildman–Crippen LogP) is 2.14. The first kappa shape index (κ1) is 13.1. The van der Waals surface area contributed by atoms with E-state index >= 15 is 0 Å². The van der Waals surface area contributed by atoms with E-state index < -0.39 is 0 Å². The number of carbonyl (C=O) groups excluding carboxylic acids is 1. The summed E-state index contributed by atoms with van der Waals surface area (Å²) in [5.74, 6) is 0.0267. The molecule has 1 N–H and O–H groups in total. The normalized spacial score (nSPS) is 17.0. The fourth-order valence-electron chi connectivity index (χ4n) is 2.67. The standard InChI is InChI=1S/C14H15N3O2S/c1-8-3-4-12-10(8)5-11(14(19)17(12)2)13(18)16-9-6-15-20-7-9/h5-8H,3-4H2,1-2H3,(H,16,18)/t8-/m0/s1. The van der Waals surface area contributed by atoms with Gasteiger partial charge in [-0.2, -0.15) is 4.37 Å². The van der Waals surface area contributed by atoms with Crippen molar-refractivity contribution in [1.29, 1.82) is 0 Å². The van der Waals surface area contributed by atoms with E-state index in [9.17, 15) is 9.59 Å². The third-order valence-corrected chi connectivity index (χ3v) is 4.44. The molecule has 20 heavy (non-hydrogen) atoms. The van der Waals surface area contributed by atoms with Gasteiger partial charge in [-0.25, -0.2) is 0 Å². The number of nitrogens with zero attached hydrogens (tertiary/aromatic N) is 2. The lowest BCUT2D eigenvalue weighted by Crippen LogP contribution is -2.29. The quantitative estimate of drug-likeness (QED) is 0.921. The summed E-state index contributed by atoms with van der Waals surface area (Å²) < 4.78 is 5.53. The molecule has 2 aromatic heterocycles. The lowest BCUT2D eigenvalue weighted by Gasteiger charge is -2.11. The van der Waals surface area contributed by atoms with Crippen LogP contribution >= 0.6 is 11.5 Å². The van der Waals surface area contributed by atoms with Gasteiger partial charge < -0.3 is 9.88 Å². The number of aromatic nitrogens is 2. The van der Waals surface area contributed by atoms with Crippen molar-refractivity contribution in [2.75, 3.05) is 5.32 Å². The van der Waals surface area contributed by atoms with Crippen LogP contribution in [-0.4, -0.2) is 14.8 Å². The summed E-state index contributed by atoms with van der Waals surface area (Å²) in [4.78, 5) is 24.5. The highest BCUT2D eigenvalue weighted by atomic mass is 32.1. The Morgan fingerprint density at radius 1 is 1.55 bits per heavy atom. The van der Waals surface area contributed by atoms with Gasteiger partial charge >= 0.3 is 0 Å². The first-order valence-electron chi connectivity index (χ1n) is 6.51. The molecule has 0 fully saturated rings. The molecule has 5 nitrogen and oxygen atoms in total.